The van der Waals surface area contributed by atoms with Crippen LogP contribution in [-0.4, -0.2) is 47.6 Å². The van der Waals surface area contributed by atoms with E-state index >= 15 is 0 Å². The molecule has 0 radical (unpaired) electrons. The largest absolute Gasteiger partial charge is 0.573 e. The van der Waals surface area contributed by atoms with E-state index in [4.69, 9.17) is 4.74 Å². The summed E-state index contributed by atoms with van der Waals surface area (Å²) in [6.07, 6.45) is -4.46. The molecule has 1 aliphatic heterocycles. The van der Waals surface area contributed by atoms with Crippen LogP contribution < -0.4 is 15.4 Å². The summed E-state index contributed by atoms with van der Waals surface area (Å²) in [5, 5.41) is 5.45. The van der Waals surface area contributed by atoms with Gasteiger partial charge in [-0.25, -0.2) is 9.59 Å². The van der Waals surface area contributed by atoms with Gasteiger partial charge in [-0.3, -0.25) is 0 Å². The van der Waals surface area contributed by atoms with Crippen LogP contribution in [0.5, 0.6) is 5.75 Å². The molecular formula is C20H28F3N3O4. The highest BCUT2D eigenvalue weighted by Gasteiger charge is 2.42. The van der Waals surface area contributed by atoms with Crippen molar-refractivity contribution < 1.29 is 32.2 Å². The minimum Gasteiger partial charge on any atom is -0.444 e. The summed E-state index contributed by atoms with van der Waals surface area (Å²) in [6, 6.07) is 3.75. The minimum absolute atomic E-state index is 0.0424. The van der Waals surface area contributed by atoms with E-state index in [-0.39, 0.29) is 23.8 Å². The molecule has 0 aliphatic carbocycles. The molecule has 3 amide bonds. The number of halogens is 3. The number of carbonyl (C=O) groups is 2. The molecule has 2 N–H and O–H groups in total. The van der Waals surface area contributed by atoms with Crippen LogP contribution in [-0.2, 0) is 4.74 Å². The Hall–Kier alpha value is -2.65. The van der Waals surface area contributed by atoms with E-state index in [2.05, 4.69) is 15.4 Å². The quantitative estimate of drug-likeness (QED) is 0.722. The van der Waals surface area contributed by atoms with Gasteiger partial charge in [0, 0.05) is 12.2 Å². The van der Waals surface area contributed by atoms with Crippen LogP contribution in [0, 0.1) is 5.92 Å². The van der Waals surface area contributed by atoms with Crippen molar-refractivity contribution in [3.8, 4) is 5.75 Å². The SMILES string of the molecule is CC[C@@H]1CN(C(=O)OC(C)(C)C)[C@H](C)C1NC(=O)Nc1ccc(OC(F)(F)F)cc1. The Kier molecular flexibility index (Phi) is 7.10. The molecule has 0 bridgehead atoms. The number of nitrogens with one attached hydrogen (secondary N) is 2. The maximum atomic E-state index is 12.5. The van der Waals surface area contributed by atoms with Gasteiger partial charge >= 0.3 is 18.5 Å². The van der Waals surface area contributed by atoms with E-state index in [0.717, 1.165) is 18.6 Å². The van der Waals surface area contributed by atoms with Crippen LogP contribution in [0.15, 0.2) is 24.3 Å². The predicted octanol–water partition coefficient (Wildman–Crippen LogP) is 4.74. The molecule has 0 aromatic heterocycles. The Morgan fingerprint density at radius 3 is 2.27 bits per heavy atom. The lowest BCUT2D eigenvalue weighted by molar-refractivity contribution is -0.274. The van der Waals surface area contributed by atoms with Gasteiger partial charge in [-0.2, -0.15) is 0 Å². The summed E-state index contributed by atoms with van der Waals surface area (Å²) in [6.45, 7) is 9.64. The Labute approximate surface area is 173 Å². The van der Waals surface area contributed by atoms with Gasteiger partial charge in [-0.1, -0.05) is 6.92 Å². The number of rotatable bonds is 4. The van der Waals surface area contributed by atoms with Crippen molar-refractivity contribution in [1.82, 2.24) is 10.2 Å². The molecule has 0 saturated carbocycles. The summed E-state index contributed by atoms with van der Waals surface area (Å²) >= 11 is 0. The minimum atomic E-state index is -4.78. The van der Waals surface area contributed by atoms with Crippen LogP contribution >= 0.6 is 0 Å². The van der Waals surface area contributed by atoms with Gasteiger partial charge in [0.1, 0.15) is 11.4 Å². The molecule has 2 rings (SSSR count). The topological polar surface area (TPSA) is 79.9 Å². The van der Waals surface area contributed by atoms with Crippen LogP contribution in [0.1, 0.15) is 41.0 Å². The number of amides is 3. The fraction of sp³-hybridized carbons (Fsp3) is 0.600. The number of hydrogen-bond acceptors (Lipinski definition) is 4. The molecule has 1 unspecified atom stereocenters. The molecule has 10 heteroatoms. The van der Waals surface area contributed by atoms with E-state index in [9.17, 15) is 22.8 Å². The molecule has 1 aliphatic rings. The third-order valence-electron chi connectivity index (χ3n) is 4.75. The average Bonchev–Trinajstić information content (AvgIpc) is 2.90. The molecule has 7 nitrogen and oxygen atoms in total. The van der Waals surface area contributed by atoms with E-state index in [1.54, 1.807) is 25.7 Å². The summed E-state index contributed by atoms with van der Waals surface area (Å²) < 4.78 is 45.9. The third kappa shape index (κ3) is 6.70. The highest BCUT2D eigenvalue weighted by atomic mass is 19.4. The summed E-state index contributed by atoms with van der Waals surface area (Å²) in [5.41, 5.74) is -0.312. The standard InChI is InChI=1S/C20H28F3N3O4/c1-6-13-11-26(18(28)30-19(3,4)5)12(2)16(13)25-17(27)24-14-7-9-15(10-8-14)29-20(21,22)23/h7-10,12-13,16H,6,11H2,1-5H3,(H2,24,25,27)/t12-,13-,16?/m1/s1. The number of ether oxygens (including phenoxy) is 2. The van der Waals surface area contributed by atoms with E-state index in [1.165, 1.54) is 12.1 Å². The van der Waals surface area contributed by atoms with Gasteiger partial charge in [0.2, 0.25) is 0 Å². The number of hydrogen-bond donors (Lipinski definition) is 2. The molecule has 1 aromatic rings. The predicted molar refractivity (Wildman–Crippen MR) is 105 cm³/mol. The Morgan fingerprint density at radius 2 is 1.77 bits per heavy atom. The van der Waals surface area contributed by atoms with Crippen molar-refractivity contribution in [3.63, 3.8) is 0 Å². The lowest BCUT2D eigenvalue weighted by Gasteiger charge is -2.28. The number of carbonyl (C=O) groups excluding carboxylic acids is 2. The smallest absolute Gasteiger partial charge is 0.444 e. The number of alkyl halides is 3. The molecule has 3 atom stereocenters. The zero-order chi connectivity index (χ0) is 22.7. The van der Waals surface area contributed by atoms with Crippen LogP contribution in [0.4, 0.5) is 28.4 Å². The first-order valence-corrected chi connectivity index (χ1v) is 9.72. The summed E-state index contributed by atoms with van der Waals surface area (Å²) in [7, 11) is 0. The van der Waals surface area contributed by atoms with E-state index < -0.39 is 24.1 Å². The van der Waals surface area contributed by atoms with Gasteiger partial charge in [-0.15, -0.1) is 13.2 Å². The lowest BCUT2D eigenvalue weighted by atomic mass is 9.97. The zero-order valence-corrected chi connectivity index (χ0v) is 17.7. The Balaban J connectivity index is 1.98. The fourth-order valence-electron chi connectivity index (χ4n) is 3.36. The summed E-state index contributed by atoms with van der Waals surface area (Å²) in [4.78, 5) is 26.5. The number of anilines is 1. The molecule has 1 fully saturated rings. The molecular weight excluding hydrogens is 403 g/mol. The molecule has 1 aromatic carbocycles. The third-order valence-corrected chi connectivity index (χ3v) is 4.75. The second-order valence-corrected chi connectivity index (χ2v) is 8.24. The van der Waals surface area contributed by atoms with Gasteiger partial charge in [0.25, 0.3) is 0 Å². The number of nitrogens with zero attached hydrogens (tertiary/aromatic N) is 1. The van der Waals surface area contributed by atoms with Crippen LogP contribution in [0.25, 0.3) is 0 Å². The van der Waals surface area contributed by atoms with Crippen LogP contribution in [0.2, 0.25) is 0 Å². The van der Waals surface area contributed by atoms with Crippen LogP contribution in [0.3, 0.4) is 0 Å². The first-order valence-electron chi connectivity index (χ1n) is 9.72. The first-order chi connectivity index (χ1) is 13.8. The maximum absolute atomic E-state index is 12.5. The highest BCUT2D eigenvalue weighted by molar-refractivity contribution is 5.89. The van der Waals surface area contributed by atoms with E-state index in [1.807, 2.05) is 13.8 Å². The van der Waals surface area contributed by atoms with Gasteiger partial charge < -0.3 is 25.0 Å². The zero-order valence-electron chi connectivity index (χ0n) is 17.7. The Bertz CT molecular complexity index is 747. The van der Waals surface area contributed by atoms with Gasteiger partial charge in [-0.05, 0) is 64.3 Å². The van der Waals surface area contributed by atoms with E-state index in [0.29, 0.717) is 12.2 Å². The number of likely N-dealkylation sites (tertiary alicyclic amines) is 1. The number of urea groups is 1. The molecule has 168 valence electrons. The van der Waals surface area contributed by atoms with Crippen molar-refractivity contribution >= 4 is 17.8 Å². The van der Waals surface area contributed by atoms with Crippen molar-refractivity contribution in [3.05, 3.63) is 24.3 Å². The molecule has 1 heterocycles. The van der Waals surface area contributed by atoms with Crippen molar-refractivity contribution in [2.75, 3.05) is 11.9 Å². The van der Waals surface area contributed by atoms with Crippen molar-refractivity contribution in [2.45, 2.75) is 65.1 Å². The molecule has 30 heavy (non-hydrogen) atoms. The molecule has 0 spiro atoms. The summed E-state index contributed by atoms with van der Waals surface area (Å²) in [5.74, 6) is -0.335. The monoisotopic (exact) mass is 431 g/mol. The number of benzene rings is 1. The average molecular weight is 431 g/mol. The van der Waals surface area contributed by atoms with Crippen molar-refractivity contribution in [1.29, 1.82) is 0 Å². The second-order valence-electron chi connectivity index (χ2n) is 8.24. The van der Waals surface area contributed by atoms with Gasteiger partial charge in [0.15, 0.2) is 0 Å². The highest BCUT2D eigenvalue weighted by Crippen LogP contribution is 2.28. The van der Waals surface area contributed by atoms with Gasteiger partial charge in [0.05, 0.1) is 12.1 Å². The maximum Gasteiger partial charge on any atom is 0.573 e. The van der Waals surface area contributed by atoms with Crippen molar-refractivity contribution in [2.24, 2.45) is 5.92 Å². The fourth-order valence-corrected chi connectivity index (χ4v) is 3.36. The normalized spacial score (nSPS) is 21.9. The molecule has 1 saturated heterocycles. The first kappa shape index (κ1) is 23.6. The Morgan fingerprint density at radius 1 is 1.17 bits per heavy atom. The second kappa shape index (κ2) is 9.01. The lowest BCUT2D eigenvalue weighted by Crippen LogP contribution is -2.48.